The number of nitrogens with zero attached hydrogens (tertiary/aromatic N) is 5. The van der Waals surface area contributed by atoms with Gasteiger partial charge < -0.3 is 0 Å². The maximum atomic E-state index is 5.19. The van der Waals surface area contributed by atoms with Crippen LogP contribution in [0, 0.1) is 0 Å². The minimum absolute atomic E-state index is 0.624. The Balaban J connectivity index is 0.958. The van der Waals surface area contributed by atoms with E-state index in [1.165, 1.54) is 32.3 Å². The lowest BCUT2D eigenvalue weighted by atomic mass is 9.93. The van der Waals surface area contributed by atoms with Gasteiger partial charge in [0.05, 0.1) is 16.7 Å². The van der Waals surface area contributed by atoms with E-state index in [0.29, 0.717) is 17.5 Å². The van der Waals surface area contributed by atoms with Gasteiger partial charge in [0.25, 0.3) is 0 Å². The molecule has 5 nitrogen and oxygen atoms in total. The molecule has 0 unspecified atom stereocenters. The molecule has 278 valence electrons. The highest BCUT2D eigenvalue weighted by Crippen LogP contribution is 2.39. The number of aromatic nitrogens is 5. The molecule has 0 amide bonds. The van der Waals surface area contributed by atoms with Gasteiger partial charge in [-0.2, -0.15) is 0 Å². The predicted molar refractivity (Wildman–Crippen MR) is 248 cm³/mol. The Labute approximate surface area is 345 Å². The second-order valence-corrected chi connectivity index (χ2v) is 15.2. The third-order valence-electron chi connectivity index (χ3n) is 11.8. The molecule has 0 spiro atoms. The zero-order valence-corrected chi connectivity index (χ0v) is 32.3. The molecule has 60 heavy (non-hydrogen) atoms. The Hall–Kier alpha value is -8.15. The van der Waals surface area contributed by atoms with E-state index in [9.17, 15) is 0 Å². The van der Waals surface area contributed by atoms with Crippen LogP contribution in [0.4, 0.5) is 0 Å². The van der Waals surface area contributed by atoms with Crippen molar-refractivity contribution in [1.29, 1.82) is 0 Å². The van der Waals surface area contributed by atoms with Crippen molar-refractivity contribution in [2.75, 3.05) is 0 Å². The standard InChI is InChI=1S/C55H33N5/c1-2-11-37(12-3-1)53-58-54(60-55(59-53)39-26-28-47-44-17-6-5-15-42(44)43-16-7-9-19-46(43)49(47)33-39)38-24-20-34(21-25-38)40-29-30-48(45-18-8-4-14-41(40)45)50-31-27-36-23-22-35-13-10-32-56-51(35)52(36)57-50/h1-33H. The summed E-state index contributed by atoms with van der Waals surface area (Å²) < 4.78 is 0. The third-order valence-corrected chi connectivity index (χ3v) is 11.8. The van der Waals surface area contributed by atoms with E-state index in [2.05, 4.69) is 163 Å². The summed E-state index contributed by atoms with van der Waals surface area (Å²) in [6.07, 6.45) is 1.83. The third kappa shape index (κ3) is 5.59. The molecule has 5 heteroatoms. The van der Waals surface area contributed by atoms with Crippen molar-refractivity contribution in [2.24, 2.45) is 0 Å². The average Bonchev–Trinajstić information content (AvgIpc) is 3.33. The second-order valence-electron chi connectivity index (χ2n) is 15.2. The van der Waals surface area contributed by atoms with Gasteiger partial charge in [-0.25, -0.2) is 19.9 Å². The number of hydrogen-bond donors (Lipinski definition) is 0. The highest BCUT2D eigenvalue weighted by atomic mass is 15.0. The lowest BCUT2D eigenvalue weighted by molar-refractivity contribution is 1.07. The van der Waals surface area contributed by atoms with Gasteiger partial charge in [-0.05, 0) is 72.4 Å². The van der Waals surface area contributed by atoms with Crippen LogP contribution in [0.1, 0.15) is 0 Å². The molecular formula is C55H33N5. The van der Waals surface area contributed by atoms with Crippen LogP contribution in [0.3, 0.4) is 0 Å². The van der Waals surface area contributed by atoms with Crippen LogP contribution in [0.5, 0.6) is 0 Å². The van der Waals surface area contributed by atoms with Gasteiger partial charge in [-0.1, -0.05) is 176 Å². The normalized spacial score (nSPS) is 11.7. The molecule has 3 aromatic heterocycles. The monoisotopic (exact) mass is 763 g/mol. The largest absolute Gasteiger partial charge is 0.254 e. The Morgan fingerprint density at radius 2 is 0.750 bits per heavy atom. The molecule has 12 rings (SSSR count). The summed E-state index contributed by atoms with van der Waals surface area (Å²) in [6, 6.07) is 68.1. The van der Waals surface area contributed by atoms with Crippen LogP contribution in [-0.2, 0) is 0 Å². The summed E-state index contributed by atoms with van der Waals surface area (Å²) in [5.41, 5.74) is 8.88. The molecule has 9 aromatic carbocycles. The highest BCUT2D eigenvalue weighted by molar-refractivity contribution is 6.25. The van der Waals surface area contributed by atoms with Gasteiger partial charge >= 0.3 is 0 Å². The van der Waals surface area contributed by atoms with Gasteiger partial charge in [-0.15, -0.1) is 0 Å². The number of fused-ring (bicyclic) bond motifs is 10. The lowest BCUT2D eigenvalue weighted by Gasteiger charge is -2.13. The van der Waals surface area contributed by atoms with Gasteiger partial charge in [0.15, 0.2) is 17.5 Å². The van der Waals surface area contributed by atoms with Gasteiger partial charge in [0.1, 0.15) is 0 Å². The molecule has 0 aliphatic rings. The fourth-order valence-electron chi connectivity index (χ4n) is 8.84. The van der Waals surface area contributed by atoms with E-state index in [1.807, 2.05) is 42.6 Å². The van der Waals surface area contributed by atoms with Gasteiger partial charge in [0, 0.05) is 39.2 Å². The van der Waals surface area contributed by atoms with Gasteiger partial charge in [0.2, 0.25) is 0 Å². The van der Waals surface area contributed by atoms with E-state index in [1.54, 1.807) is 0 Å². The van der Waals surface area contributed by atoms with Crippen LogP contribution < -0.4 is 0 Å². The van der Waals surface area contributed by atoms with Crippen molar-refractivity contribution in [3.63, 3.8) is 0 Å². The first kappa shape index (κ1) is 33.9. The zero-order valence-electron chi connectivity index (χ0n) is 32.3. The fraction of sp³-hybridized carbons (Fsp3) is 0. The van der Waals surface area contributed by atoms with Gasteiger partial charge in [-0.3, -0.25) is 4.98 Å². The molecular weight excluding hydrogens is 731 g/mol. The van der Waals surface area contributed by atoms with Crippen LogP contribution >= 0.6 is 0 Å². The molecule has 12 aromatic rings. The quantitative estimate of drug-likeness (QED) is 0.163. The molecule has 3 heterocycles. The first-order chi connectivity index (χ1) is 29.7. The Morgan fingerprint density at radius 3 is 1.43 bits per heavy atom. The van der Waals surface area contributed by atoms with Crippen LogP contribution in [-0.4, -0.2) is 24.9 Å². The SMILES string of the molecule is c1ccc(-c2nc(-c3ccc(-c4ccc(-c5ccc6ccc7cccnc7c6n5)c5ccccc45)cc3)nc(-c3ccc4c5ccccc5c5ccccc5c4c3)n2)cc1. The van der Waals surface area contributed by atoms with Crippen molar-refractivity contribution < 1.29 is 0 Å². The summed E-state index contributed by atoms with van der Waals surface area (Å²) in [5, 5.41) is 11.8. The number of rotatable bonds is 5. The van der Waals surface area contributed by atoms with Crippen molar-refractivity contribution in [3.8, 4) is 56.5 Å². The summed E-state index contributed by atoms with van der Waals surface area (Å²) in [4.78, 5) is 25.2. The van der Waals surface area contributed by atoms with Crippen LogP contribution in [0.15, 0.2) is 200 Å². The molecule has 0 bridgehead atoms. The molecule has 0 radical (unpaired) electrons. The molecule has 0 atom stereocenters. The minimum atomic E-state index is 0.624. The number of pyridine rings is 2. The first-order valence-corrected chi connectivity index (χ1v) is 20.2. The van der Waals surface area contributed by atoms with Crippen molar-refractivity contribution >= 4 is 64.9 Å². The lowest BCUT2D eigenvalue weighted by Crippen LogP contribution is -2.00. The summed E-state index contributed by atoms with van der Waals surface area (Å²) in [6.45, 7) is 0. The molecule has 0 saturated carbocycles. The summed E-state index contributed by atoms with van der Waals surface area (Å²) >= 11 is 0. The number of hydrogen-bond acceptors (Lipinski definition) is 5. The second kappa shape index (κ2) is 13.8. The molecule has 0 N–H and O–H groups in total. The summed E-state index contributed by atoms with van der Waals surface area (Å²) in [5.74, 6) is 1.89. The molecule has 0 saturated heterocycles. The highest BCUT2D eigenvalue weighted by Gasteiger charge is 2.17. The number of benzene rings is 9. The van der Waals surface area contributed by atoms with Crippen molar-refractivity contribution in [1.82, 2.24) is 24.9 Å². The van der Waals surface area contributed by atoms with Crippen LogP contribution in [0.2, 0.25) is 0 Å². The van der Waals surface area contributed by atoms with E-state index in [4.69, 9.17) is 19.9 Å². The minimum Gasteiger partial charge on any atom is -0.254 e. The fourth-order valence-corrected chi connectivity index (χ4v) is 8.84. The smallest absolute Gasteiger partial charge is 0.164 e. The zero-order chi connectivity index (χ0) is 39.6. The Morgan fingerprint density at radius 1 is 0.267 bits per heavy atom. The first-order valence-electron chi connectivity index (χ1n) is 20.2. The average molecular weight is 764 g/mol. The van der Waals surface area contributed by atoms with E-state index >= 15 is 0 Å². The van der Waals surface area contributed by atoms with E-state index in [0.717, 1.165) is 71.7 Å². The van der Waals surface area contributed by atoms with Crippen molar-refractivity contribution in [2.45, 2.75) is 0 Å². The van der Waals surface area contributed by atoms with Crippen molar-refractivity contribution in [3.05, 3.63) is 200 Å². The van der Waals surface area contributed by atoms with E-state index < -0.39 is 0 Å². The topological polar surface area (TPSA) is 64.5 Å². The Kier molecular flexibility index (Phi) is 7.78. The summed E-state index contributed by atoms with van der Waals surface area (Å²) in [7, 11) is 0. The molecule has 0 aliphatic heterocycles. The Bertz CT molecular complexity index is 3620. The molecule has 0 aliphatic carbocycles. The van der Waals surface area contributed by atoms with E-state index in [-0.39, 0.29) is 0 Å². The predicted octanol–water partition coefficient (Wildman–Crippen LogP) is 13.9. The van der Waals surface area contributed by atoms with Crippen LogP contribution in [0.25, 0.3) is 121 Å². The molecule has 0 fully saturated rings. The maximum Gasteiger partial charge on any atom is 0.164 e. The maximum absolute atomic E-state index is 5.19.